The molecular weight excluding hydrogens is 160 g/mol. The highest BCUT2D eigenvalue weighted by Gasteiger charge is 2.04. The molecule has 0 fully saturated rings. The maximum Gasteiger partial charge on any atom is 0.0210 e. The second kappa shape index (κ2) is 10.0. The van der Waals surface area contributed by atoms with Crippen molar-refractivity contribution in [1.29, 1.82) is 0 Å². The molecule has 0 aromatic heterocycles. The van der Waals surface area contributed by atoms with Gasteiger partial charge in [0.2, 0.25) is 0 Å². The zero-order chi connectivity index (χ0) is 9.94. The van der Waals surface area contributed by atoms with Crippen LogP contribution in [0.3, 0.4) is 0 Å². The Morgan fingerprint density at radius 1 is 0.923 bits per heavy atom. The van der Waals surface area contributed by atoms with Gasteiger partial charge in [0.15, 0.2) is 0 Å². The Bertz CT molecular complexity index is 94.1. The Morgan fingerprint density at radius 3 is 2.08 bits per heavy atom. The second-order valence-corrected chi connectivity index (χ2v) is 3.86. The molecular formula is C11H26N2. The van der Waals surface area contributed by atoms with E-state index in [-0.39, 0.29) is 0 Å². The lowest BCUT2D eigenvalue weighted by molar-refractivity contribution is 0.429. The summed E-state index contributed by atoms with van der Waals surface area (Å²) in [5.41, 5.74) is 2.91. The van der Waals surface area contributed by atoms with Crippen LogP contribution in [0.15, 0.2) is 0 Å². The predicted octanol–water partition coefficient (Wildman–Crippen LogP) is 2.98. The predicted molar refractivity (Wildman–Crippen MR) is 59.4 cm³/mol. The Hall–Kier alpha value is -0.0800. The number of nitrogens with two attached hydrogens (primary N) is 1. The van der Waals surface area contributed by atoms with Crippen LogP contribution < -0.4 is 11.3 Å². The standard InChI is InChI=1S/C11H26N2/c1-3-5-7-8-10-11(13-12)9-6-4-2/h11,13H,3-10,12H2,1-2H3. The Labute approximate surface area is 83.2 Å². The van der Waals surface area contributed by atoms with E-state index in [0.717, 1.165) is 0 Å². The third-order valence-corrected chi connectivity index (χ3v) is 2.55. The van der Waals surface area contributed by atoms with E-state index in [9.17, 15) is 0 Å². The van der Waals surface area contributed by atoms with Gasteiger partial charge in [-0.15, -0.1) is 0 Å². The molecule has 1 atom stereocenters. The molecule has 0 saturated carbocycles. The Morgan fingerprint density at radius 2 is 1.54 bits per heavy atom. The molecule has 0 aliphatic carbocycles. The van der Waals surface area contributed by atoms with E-state index in [1.165, 1.54) is 51.4 Å². The molecule has 0 radical (unpaired) electrons. The molecule has 0 aliphatic heterocycles. The normalized spacial score (nSPS) is 13.2. The minimum atomic E-state index is 0.553. The van der Waals surface area contributed by atoms with Crippen LogP contribution in [0, 0.1) is 0 Å². The quantitative estimate of drug-likeness (QED) is 0.330. The number of hydrogen-bond donors (Lipinski definition) is 2. The van der Waals surface area contributed by atoms with Gasteiger partial charge in [-0.3, -0.25) is 11.3 Å². The SMILES string of the molecule is CCCCCCC(CCCC)NN. The fourth-order valence-corrected chi connectivity index (χ4v) is 1.58. The van der Waals surface area contributed by atoms with Gasteiger partial charge < -0.3 is 0 Å². The first kappa shape index (κ1) is 12.9. The summed E-state index contributed by atoms with van der Waals surface area (Å²) in [5, 5.41) is 0. The van der Waals surface area contributed by atoms with Gasteiger partial charge in [-0.2, -0.15) is 0 Å². The van der Waals surface area contributed by atoms with E-state index in [1.54, 1.807) is 0 Å². The van der Waals surface area contributed by atoms with Crippen molar-refractivity contribution in [2.75, 3.05) is 0 Å². The number of hydrazine groups is 1. The molecule has 2 heteroatoms. The van der Waals surface area contributed by atoms with E-state index in [4.69, 9.17) is 5.84 Å². The van der Waals surface area contributed by atoms with Gasteiger partial charge in [0.05, 0.1) is 0 Å². The molecule has 0 rings (SSSR count). The van der Waals surface area contributed by atoms with Crippen LogP contribution in [0.5, 0.6) is 0 Å². The van der Waals surface area contributed by atoms with Crippen LogP contribution in [0.2, 0.25) is 0 Å². The first-order valence-corrected chi connectivity index (χ1v) is 5.81. The molecule has 0 bridgehead atoms. The van der Waals surface area contributed by atoms with Crippen molar-refractivity contribution in [3.63, 3.8) is 0 Å². The highest BCUT2D eigenvalue weighted by Crippen LogP contribution is 2.09. The molecule has 0 heterocycles. The first-order chi connectivity index (χ1) is 6.35. The zero-order valence-electron chi connectivity index (χ0n) is 9.31. The minimum absolute atomic E-state index is 0.553. The van der Waals surface area contributed by atoms with Gasteiger partial charge in [0.1, 0.15) is 0 Å². The largest absolute Gasteiger partial charge is 0.271 e. The third-order valence-electron chi connectivity index (χ3n) is 2.55. The molecule has 2 nitrogen and oxygen atoms in total. The van der Waals surface area contributed by atoms with Crippen LogP contribution in [0.25, 0.3) is 0 Å². The summed E-state index contributed by atoms with van der Waals surface area (Å²) in [5.74, 6) is 5.48. The molecule has 13 heavy (non-hydrogen) atoms. The van der Waals surface area contributed by atoms with Crippen molar-refractivity contribution in [3.05, 3.63) is 0 Å². The minimum Gasteiger partial charge on any atom is -0.271 e. The van der Waals surface area contributed by atoms with Crippen molar-refractivity contribution in [1.82, 2.24) is 5.43 Å². The Balaban J connectivity index is 3.25. The zero-order valence-corrected chi connectivity index (χ0v) is 9.31. The van der Waals surface area contributed by atoms with E-state index in [0.29, 0.717) is 6.04 Å². The monoisotopic (exact) mass is 186 g/mol. The van der Waals surface area contributed by atoms with Gasteiger partial charge in [-0.1, -0.05) is 52.4 Å². The number of nitrogens with one attached hydrogen (secondary N) is 1. The number of unbranched alkanes of at least 4 members (excludes halogenated alkanes) is 4. The molecule has 0 amide bonds. The Kier molecular flexibility index (Phi) is 9.94. The van der Waals surface area contributed by atoms with Gasteiger partial charge in [-0.05, 0) is 12.8 Å². The average Bonchev–Trinajstić information content (AvgIpc) is 2.17. The molecule has 0 spiro atoms. The fourth-order valence-electron chi connectivity index (χ4n) is 1.58. The van der Waals surface area contributed by atoms with Crippen molar-refractivity contribution < 1.29 is 0 Å². The topological polar surface area (TPSA) is 38.0 Å². The van der Waals surface area contributed by atoms with Gasteiger partial charge in [0, 0.05) is 6.04 Å². The summed E-state index contributed by atoms with van der Waals surface area (Å²) in [4.78, 5) is 0. The highest BCUT2D eigenvalue weighted by atomic mass is 15.2. The molecule has 3 N–H and O–H groups in total. The van der Waals surface area contributed by atoms with Crippen molar-refractivity contribution >= 4 is 0 Å². The van der Waals surface area contributed by atoms with Crippen LogP contribution >= 0.6 is 0 Å². The van der Waals surface area contributed by atoms with Crippen LogP contribution in [0.4, 0.5) is 0 Å². The summed E-state index contributed by atoms with van der Waals surface area (Å²) in [6.45, 7) is 4.47. The molecule has 0 aliphatic rings. The van der Waals surface area contributed by atoms with Gasteiger partial charge in [0.25, 0.3) is 0 Å². The summed E-state index contributed by atoms with van der Waals surface area (Å²) in [6.07, 6.45) is 10.4. The summed E-state index contributed by atoms with van der Waals surface area (Å²) in [6, 6.07) is 0.553. The lowest BCUT2D eigenvalue weighted by Crippen LogP contribution is -2.34. The average molecular weight is 186 g/mol. The van der Waals surface area contributed by atoms with E-state index in [2.05, 4.69) is 19.3 Å². The van der Waals surface area contributed by atoms with Gasteiger partial charge >= 0.3 is 0 Å². The van der Waals surface area contributed by atoms with Crippen LogP contribution in [0.1, 0.15) is 65.2 Å². The van der Waals surface area contributed by atoms with Crippen molar-refractivity contribution in [2.24, 2.45) is 5.84 Å². The van der Waals surface area contributed by atoms with E-state index < -0.39 is 0 Å². The lowest BCUT2D eigenvalue weighted by atomic mass is 10.0. The maximum absolute atomic E-state index is 5.48. The molecule has 0 aromatic carbocycles. The van der Waals surface area contributed by atoms with Crippen molar-refractivity contribution in [2.45, 2.75) is 71.3 Å². The summed E-state index contributed by atoms with van der Waals surface area (Å²) in [7, 11) is 0. The maximum atomic E-state index is 5.48. The van der Waals surface area contributed by atoms with Crippen LogP contribution in [-0.2, 0) is 0 Å². The molecule has 0 saturated heterocycles. The van der Waals surface area contributed by atoms with Crippen LogP contribution in [-0.4, -0.2) is 6.04 Å². The number of rotatable bonds is 9. The van der Waals surface area contributed by atoms with E-state index in [1.807, 2.05) is 0 Å². The second-order valence-electron chi connectivity index (χ2n) is 3.86. The lowest BCUT2D eigenvalue weighted by Gasteiger charge is -2.14. The summed E-state index contributed by atoms with van der Waals surface area (Å²) < 4.78 is 0. The number of hydrogen-bond acceptors (Lipinski definition) is 2. The summed E-state index contributed by atoms with van der Waals surface area (Å²) >= 11 is 0. The smallest absolute Gasteiger partial charge is 0.0210 e. The third kappa shape index (κ3) is 8.26. The highest BCUT2D eigenvalue weighted by molar-refractivity contribution is 4.63. The van der Waals surface area contributed by atoms with E-state index >= 15 is 0 Å². The molecule has 0 aromatic rings. The molecule has 1 unspecified atom stereocenters. The molecule has 80 valence electrons. The van der Waals surface area contributed by atoms with Crippen molar-refractivity contribution in [3.8, 4) is 0 Å². The fraction of sp³-hybridized carbons (Fsp3) is 1.00. The first-order valence-electron chi connectivity index (χ1n) is 5.81. The van der Waals surface area contributed by atoms with Gasteiger partial charge in [-0.25, -0.2) is 0 Å².